The fourth-order valence-electron chi connectivity index (χ4n) is 0.593. The van der Waals surface area contributed by atoms with Gasteiger partial charge in [0.25, 0.3) is 0 Å². The highest BCUT2D eigenvalue weighted by molar-refractivity contribution is 5.92. The van der Waals surface area contributed by atoms with E-state index in [4.69, 9.17) is 11.1 Å². The van der Waals surface area contributed by atoms with Crippen LogP contribution in [0.2, 0.25) is 0 Å². The summed E-state index contributed by atoms with van der Waals surface area (Å²) in [4.78, 5) is 7.78. The zero-order valence-corrected chi connectivity index (χ0v) is 5.63. The third kappa shape index (κ3) is 1.28. The number of nitrogen functional groups attached to an aromatic ring is 1. The second-order valence-electron chi connectivity index (χ2n) is 1.96. The number of aromatic nitrogens is 2. The zero-order chi connectivity index (χ0) is 7.56. The standard InChI is InChI=1S/C6H8N4/c1-4-2-9-3-5(10-4)6(7)8/h2-3H,1H3,(H3,7,8). The van der Waals surface area contributed by atoms with E-state index < -0.39 is 0 Å². The van der Waals surface area contributed by atoms with Crippen molar-refractivity contribution in [3.63, 3.8) is 0 Å². The molecule has 3 N–H and O–H groups in total. The van der Waals surface area contributed by atoms with E-state index in [0.29, 0.717) is 5.69 Å². The number of rotatable bonds is 1. The summed E-state index contributed by atoms with van der Waals surface area (Å²) in [7, 11) is 0. The van der Waals surface area contributed by atoms with Crippen LogP contribution in [0.3, 0.4) is 0 Å². The second-order valence-corrected chi connectivity index (χ2v) is 1.96. The Bertz CT molecular complexity index is 256. The molecule has 4 heteroatoms. The number of nitrogens with one attached hydrogen (secondary N) is 1. The SMILES string of the molecule is Cc1cncc(C(=N)N)n1. The summed E-state index contributed by atoms with van der Waals surface area (Å²) in [6.07, 6.45) is 3.09. The smallest absolute Gasteiger partial charge is 0.143 e. The molecule has 10 heavy (non-hydrogen) atoms. The number of hydrogen-bond donors (Lipinski definition) is 2. The molecular formula is C6H8N4. The summed E-state index contributed by atoms with van der Waals surface area (Å²) in [5.41, 5.74) is 6.37. The van der Waals surface area contributed by atoms with Crippen molar-refractivity contribution in [2.75, 3.05) is 0 Å². The lowest BCUT2D eigenvalue weighted by molar-refractivity contribution is 1.09. The minimum absolute atomic E-state index is 0.0452. The minimum Gasteiger partial charge on any atom is -0.382 e. The second kappa shape index (κ2) is 2.43. The van der Waals surface area contributed by atoms with Crippen LogP contribution in [0, 0.1) is 12.3 Å². The van der Waals surface area contributed by atoms with Gasteiger partial charge in [0.2, 0.25) is 0 Å². The van der Waals surface area contributed by atoms with Gasteiger partial charge in [0.15, 0.2) is 0 Å². The molecule has 0 aliphatic carbocycles. The third-order valence-corrected chi connectivity index (χ3v) is 1.03. The normalized spacial score (nSPS) is 9.30. The fourth-order valence-corrected chi connectivity index (χ4v) is 0.593. The van der Waals surface area contributed by atoms with Crippen LogP contribution >= 0.6 is 0 Å². The van der Waals surface area contributed by atoms with Gasteiger partial charge in [0.05, 0.1) is 11.9 Å². The summed E-state index contributed by atoms with van der Waals surface area (Å²) >= 11 is 0. The minimum atomic E-state index is -0.0452. The molecule has 0 aliphatic heterocycles. The van der Waals surface area contributed by atoms with Gasteiger partial charge in [-0.25, -0.2) is 4.98 Å². The first-order valence-corrected chi connectivity index (χ1v) is 2.83. The molecule has 0 fully saturated rings. The molecule has 0 aromatic carbocycles. The molecule has 1 aromatic rings. The Hall–Kier alpha value is -1.45. The maximum Gasteiger partial charge on any atom is 0.143 e. The van der Waals surface area contributed by atoms with E-state index in [9.17, 15) is 0 Å². The van der Waals surface area contributed by atoms with Gasteiger partial charge in [-0.1, -0.05) is 0 Å². The zero-order valence-electron chi connectivity index (χ0n) is 5.63. The van der Waals surface area contributed by atoms with E-state index in [2.05, 4.69) is 9.97 Å². The molecule has 1 heterocycles. The number of aryl methyl sites for hydroxylation is 1. The van der Waals surface area contributed by atoms with Crippen LogP contribution in [-0.4, -0.2) is 15.8 Å². The van der Waals surface area contributed by atoms with Gasteiger partial charge >= 0.3 is 0 Å². The molecule has 0 bridgehead atoms. The fraction of sp³-hybridized carbons (Fsp3) is 0.167. The number of nitrogens with two attached hydrogens (primary N) is 1. The summed E-state index contributed by atoms with van der Waals surface area (Å²) in [5.74, 6) is -0.0452. The molecule has 4 nitrogen and oxygen atoms in total. The molecule has 0 saturated carbocycles. The predicted molar refractivity (Wildman–Crippen MR) is 37.8 cm³/mol. The summed E-state index contributed by atoms with van der Waals surface area (Å²) in [5, 5.41) is 7.01. The van der Waals surface area contributed by atoms with Gasteiger partial charge in [-0.3, -0.25) is 10.4 Å². The van der Waals surface area contributed by atoms with E-state index in [-0.39, 0.29) is 5.84 Å². The van der Waals surface area contributed by atoms with Crippen LogP contribution in [0.5, 0.6) is 0 Å². The van der Waals surface area contributed by atoms with Crippen molar-refractivity contribution >= 4 is 5.84 Å². The van der Waals surface area contributed by atoms with Gasteiger partial charge in [0.1, 0.15) is 11.5 Å². The van der Waals surface area contributed by atoms with Gasteiger partial charge in [-0.2, -0.15) is 0 Å². The molecule has 1 aromatic heterocycles. The van der Waals surface area contributed by atoms with Crippen molar-refractivity contribution in [2.45, 2.75) is 6.92 Å². The van der Waals surface area contributed by atoms with Crippen molar-refractivity contribution in [1.29, 1.82) is 5.41 Å². The van der Waals surface area contributed by atoms with Crippen molar-refractivity contribution in [3.8, 4) is 0 Å². The molecule has 0 amide bonds. The topological polar surface area (TPSA) is 75.7 Å². The van der Waals surface area contributed by atoms with Crippen LogP contribution in [0.1, 0.15) is 11.4 Å². The summed E-state index contributed by atoms with van der Waals surface area (Å²) in [6.45, 7) is 1.80. The van der Waals surface area contributed by atoms with E-state index in [1.807, 2.05) is 0 Å². The molecule has 0 saturated heterocycles. The van der Waals surface area contributed by atoms with Gasteiger partial charge in [0, 0.05) is 6.20 Å². The summed E-state index contributed by atoms with van der Waals surface area (Å²) in [6, 6.07) is 0. The lowest BCUT2D eigenvalue weighted by atomic mass is 10.4. The number of amidine groups is 1. The molecule has 1 rings (SSSR count). The van der Waals surface area contributed by atoms with Crippen LogP contribution < -0.4 is 5.73 Å². The highest BCUT2D eigenvalue weighted by Gasteiger charge is 1.96. The van der Waals surface area contributed by atoms with E-state index in [1.165, 1.54) is 6.20 Å². The highest BCUT2D eigenvalue weighted by atomic mass is 14.9. The summed E-state index contributed by atoms with van der Waals surface area (Å²) < 4.78 is 0. The maximum absolute atomic E-state index is 7.01. The maximum atomic E-state index is 7.01. The van der Waals surface area contributed by atoms with Crippen LogP contribution in [0.25, 0.3) is 0 Å². The Labute approximate surface area is 58.6 Å². The Morgan fingerprint density at radius 2 is 2.30 bits per heavy atom. The largest absolute Gasteiger partial charge is 0.382 e. The highest BCUT2D eigenvalue weighted by Crippen LogP contribution is 1.91. The monoisotopic (exact) mass is 136 g/mol. The van der Waals surface area contributed by atoms with Gasteiger partial charge in [-0.05, 0) is 6.92 Å². The molecule has 0 atom stereocenters. The first-order chi connectivity index (χ1) is 4.70. The Balaban J connectivity index is 3.07. The molecule has 0 spiro atoms. The van der Waals surface area contributed by atoms with Crippen LogP contribution in [0.15, 0.2) is 12.4 Å². The average molecular weight is 136 g/mol. The lowest BCUT2D eigenvalue weighted by Crippen LogP contribution is -2.13. The molecule has 0 aliphatic rings. The third-order valence-electron chi connectivity index (χ3n) is 1.03. The first-order valence-electron chi connectivity index (χ1n) is 2.83. The Morgan fingerprint density at radius 1 is 1.60 bits per heavy atom. The molecular weight excluding hydrogens is 128 g/mol. The lowest BCUT2D eigenvalue weighted by Gasteiger charge is -1.95. The average Bonchev–Trinajstić information content (AvgIpc) is 1.88. The number of hydrogen-bond acceptors (Lipinski definition) is 3. The van der Waals surface area contributed by atoms with E-state index in [0.717, 1.165) is 5.69 Å². The Morgan fingerprint density at radius 3 is 2.70 bits per heavy atom. The number of nitrogens with zero attached hydrogens (tertiary/aromatic N) is 2. The van der Waals surface area contributed by atoms with Crippen molar-refractivity contribution in [2.24, 2.45) is 5.73 Å². The van der Waals surface area contributed by atoms with E-state index in [1.54, 1.807) is 13.1 Å². The first kappa shape index (κ1) is 6.67. The molecule has 52 valence electrons. The Kier molecular flexibility index (Phi) is 1.62. The van der Waals surface area contributed by atoms with Gasteiger partial charge in [-0.15, -0.1) is 0 Å². The van der Waals surface area contributed by atoms with Crippen LogP contribution in [0.4, 0.5) is 0 Å². The van der Waals surface area contributed by atoms with E-state index >= 15 is 0 Å². The quantitative estimate of drug-likeness (QED) is 0.423. The molecule has 0 radical (unpaired) electrons. The predicted octanol–water partition coefficient (Wildman–Crippen LogP) is 0.0691. The van der Waals surface area contributed by atoms with Crippen molar-refractivity contribution < 1.29 is 0 Å². The van der Waals surface area contributed by atoms with Crippen molar-refractivity contribution in [1.82, 2.24) is 9.97 Å². The molecule has 0 unspecified atom stereocenters. The van der Waals surface area contributed by atoms with Crippen LogP contribution in [-0.2, 0) is 0 Å². The van der Waals surface area contributed by atoms with Crippen molar-refractivity contribution in [3.05, 3.63) is 23.8 Å². The van der Waals surface area contributed by atoms with Gasteiger partial charge < -0.3 is 5.73 Å².